The maximum atomic E-state index is 12.8. The minimum absolute atomic E-state index is 0.160. The summed E-state index contributed by atoms with van der Waals surface area (Å²) in [7, 11) is 1.35. The average molecular weight is 296 g/mol. The molecule has 1 aromatic carbocycles. The third-order valence-corrected chi connectivity index (χ3v) is 2.24. The van der Waals surface area contributed by atoms with E-state index in [1.54, 1.807) is 0 Å². The van der Waals surface area contributed by atoms with Gasteiger partial charge in [0, 0.05) is 0 Å². The number of aromatic carboxylic acids is 1. The standard InChI is InChI=1S/C8H6FIO3/c1-13-7-5(8(11)12)2-4(9)3-6(7)10/h2-3H,1H3,(H,11,12). The molecule has 0 amide bonds. The first kappa shape index (κ1) is 10.2. The number of ether oxygens (including phenoxy) is 1. The molecule has 0 atom stereocenters. The van der Waals surface area contributed by atoms with E-state index in [1.165, 1.54) is 13.2 Å². The van der Waals surface area contributed by atoms with Gasteiger partial charge < -0.3 is 9.84 Å². The molecular formula is C8H6FIO3. The highest BCUT2D eigenvalue weighted by atomic mass is 127. The number of rotatable bonds is 2. The normalized spacial score (nSPS) is 9.77. The van der Waals surface area contributed by atoms with E-state index in [2.05, 4.69) is 0 Å². The van der Waals surface area contributed by atoms with Crippen LogP contribution in [0.15, 0.2) is 12.1 Å². The predicted octanol–water partition coefficient (Wildman–Crippen LogP) is 2.14. The molecule has 1 aromatic rings. The second kappa shape index (κ2) is 3.91. The lowest BCUT2D eigenvalue weighted by Gasteiger charge is -2.06. The molecule has 0 saturated carbocycles. The molecule has 70 valence electrons. The van der Waals surface area contributed by atoms with Gasteiger partial charge in [-0.15, -0.1) is 0 Å². The van der Waals surface area contributed by atoms with Crippen molar-refractivity contribution in [3.8, 4) is 5.75 Å². The van der Waals surface area contributed by atoms with Gasteiger partial charge in [-0.05, 0) is 34.7 Å². The average Bonchev–Trinajstić information content (AvgIpc) is 2.02. The fraction of sp³-hybridized carbons (Fsp3) is 0.125. The van der Waals surface area contributed by atoms with Crippen LogP contribution >= 0.6 is 22.6 Å². The molecule has 0 aliphatic carbocycles. The van der Waals surface area contributed by atoms with Crippen molar-refractivity contribution in [2.45, 2.75) is 0 Å². The van der Waals surface area contributed by atoms with Crippen LogP contribution in [0.3, 0.4) is 0 Å². The number of carboxylic acid groups (broad SMARTS) is 1. The Morgan fingerprint density at radius 2 is 2.23 bits per heavy atom. The van der Waals surface area contributed by atoms with Crippen LogP contribution in [0.2, 0.25) is 0 Å². The Morgan fingerprint density at radius 1 is 1.62 bits per heavy atom. The van der Waals surface area contributed by atoms with Gasteiger partial charge in [0.05, 0.1) is 10.7 Å². The highest BCUT2D eigenvalue weighted by Gasteiger charge is 2.15. The number of hydrogen-bond donors (Lipinski definition) is 1. The van der Waals surface area contributed by atoms with Gasteiger partial charge in [0.2, 0.25) is 0 Å². The van der Waals surface area contributed by atoms with Crippen molar-refractivity contribution < 1.29 is 19.0 Å². The van der Waals surface area contributed by atoms with E-state index in [-0.39, 0.29) is 11.3 Å². The van der Waals surface area contributed by atoms with Crippen LogP contribution in [0.1, 0.15) is 10.4 Å². The molecule has 0 spiro atoms. The Bertz CT molecular complexity index is 351. The summed E-state index contributed by atoms with van der Waals surface area (Å²) in [4.78, 5) is 10.6. The van der Waals surface area contributed by atoms with Crippen LogP contribution in [0, 0.1) is 9.39 Å². The van der Waals surface area contributed by atoms with Gasteiger partial charge in [0.1, 0.15) is 17.1 Å². The van der Waals surface area contributed by atoms with Crippen LogP contribution in [-0.4, -0.2) is 18.2 Å². The summed E-state index contributed by atoms with van der Waals surface area (Å²) < 4.78 is 18.1. The topological polar surface area (TPSA) is 46.5 Å². The quantitative estimate of drug-likeness (QED) is 0.851. The van der Waals surface area contributed by atoms with Gasteiger partial charge in [0.25, 0.3) is 0 Å². The van der Waals surface area contributed by atoms with Crippen molar-refractivity contribution in [1.82, 2.24) is 0 Å². The predicted molar refractivity (Wildman–Crippen MR) is 52.6 cm³/mol. The maximum absolute atomic E-state index is 12.8. The Morgan fingerprint density at radius 3 is 2.69 bits per heavy atom. The van der Waals surface area contributed by atoms with Gasteiger partial charge in [-0.2, -0.15) is 0 Å². The highest BCUT2D eigenvalue weighted by molar-refractivity contribution is 14.1. The molecule has 0 aromatic heterocycles. The zero-order chi connectivity index (χ0) is 10.0. The minimum Gasteiger partial charge on any atom is -0.495 e. The summed E-state index contributed by atoms with van der Waals surface area (Å²) in [6.45, 7) is 0. The smallest absolute Gasteiger partial charge is 0.339 e. The van der Waals surface area contributed by atoms with E-state index in [0.29, 0.717) is 3.57 Å². The van der Waals surface area contributed by atoms with Crippen LogP contribution in [-0.2, 0) is 0 Å². The number of carbonyl (C=O) groups is 1. The molecule has 0 bridgehead atoms. The zero-order valence-corrected chi connectivity index (χ0v) is 8.83. The number of halogens is 2. The number of benzene rings is 1. The Labute approximate surface area is 87.7 Å². The van der Waals surface area contributed by atoms with Crippen molar-refractivity contribution in [3.63, 3.8) is 0 Å². The summed E-state index contributed by atoms with van der Waals surface area (Å²) in [6, 6.07) is 2.15. The van der Waals surface area contributed by atoms with Crippen molar-refractivity contribution in [1.29, 1.82) is 0 Å². The first-order valence-corrected chi connectivity index (χ1v) is 4.40. The van der Waals surface area contributed by atoms with Crippen molar-refractivity contribution in [2.75, 3.05) is 7.11 Å². The molecule has 0 fully saturated rings. The fourth-order valence-electron chi connectivity index (χ4n) is 0.927. The molecule has 0 aliphatic rings. The molecule has 3 nitrogen and oxygen atoms in total. The SMILES string of the molecule is COc1c(I)cc(F)cc1C(=O)O. The highest BCUT2D eigenvalue weighted by Crippen LogP contribution is 2.26. The second-order valence-electron chi connectivity index (χ2n) is 2.27. The van der Waals surface area contributed by atoms with Gasteiger partial charge >= 0.3 is 5.97 Å². The largest absolute Gasteiger partial charge is 0.495 e. The fourth-order valence-corrected chi connectivity index (χ4v) is 1.73. The summed E-state index contributed by atoms with van der Waals surface area (Å²) in [5.41, 5.74) is -0.160. The van der Waals surface area contributed by atoms with E-state index >= 15 is 0 Å². The van der Waals surface area contributed by atoms with Crippen molar-refractivity contribution in [2.24, 2.45) is 0 Å². The minimum atomic E-state index is -1.20. The third kappa shape index (κ3) is 2.09. The van der Waals surface area contributed by atoms with Gasteiger partial charge in [-0.3, -0.25) is 0 Å². The Hall–Kier alpha value is -0.850. The van der Waals surface area contributed by atoms with E-state index in [0.717, 1.165) is 6.07 Å². The van der Waals surface area contributed by atoms with E-state index in [9.17, 15) is 9.18 Å². The molecule has 5 heteroatoms. The molecule has 0 aliphatic heterocycles. The lowest BCUT2D eigenvalue weighted by Crippen LogP contribution is -2.03. The molecule has 0 saturated heterocycles. The number of carboxylic acids is 1. The molecule has 13 heavy (non-hydrogen) atoms. The number of methoxy groups -OCH3 is 1. The molecule has 0 heterocycles. The molecule has 0 unspecified atom stereocenters. The van der Waals surface area contributed by atoms with Crippen molar-refractivity contribution in [3.05, 3.63) is 27.1 Å². The third-order valence-electron chi connectivity index (χ3n) is 1.44. The van der Waals surface area contributed by atoms with E-state index in [4.69, 9.17) is 9.84 Å². The summed E-state index contributed by atoms with van der Waals surface area (Å²) >= 11 is 1.82. The van der Waals surface area contributed by atoms with Gasteiger partial charge in [0.15, 0.2) is 0 Å². The molecule has 1 rings (SSSR count). The summed E-state index contributed by atoms with van der Waals surface area (Å²) in [6.07, 6.45) is 0. The Balaban J connectivity index is 3.38. The molecular weight excluding hydrogens is 290 g/mol. The van der Waals surface area contributed by atoms with Crippen molar-refractivity contribution >= 4 is 28.6 Å². The van der Waals surface area contributed by atoms with E-state index in [1.807, 2.05) is 22.6 Å². The molecule has 1 N–H and O–H groups in total. The molecule has 0 radical (unpaired) electrons. The van der Waals surface area contributed by atoms with Crippen LogP contribution < -0.4 is 4.74 Å². The number of hydrogen-bond acceptors (Lipinski definition) is 2. The Kier molecular flexibility index (Phi) is 3.07. The lowest BCUT2D eigenvalue weighted by atomic mass is 10.2. The van der Waals surface area contributed by atoms with Gasteiger partial charge in [-0.1, -0.05) is 0 Å². The summed E-state index contributed by atoms with van der Waals surface area (Å²) in [5, 5.41) is 8.70. The lowest BCUT2D eigenvalue weighted by molar-refractivity contribution is 0.0692. The second-order valence-corrected chi connectivity index (χ2v) is 3.44. The summed E-state index contributed by atoms with van der Waals surface area (Å²) in [5.74, 6) is -1.59. The van der Waals surface area contributed by atoms with Gasteiger partial charge in [-0.25, -0.2) is 9.18 Å². The first-order valence-electron chi connectivity index (χ1n) is 3.32. The van der Waals surface area contributed by atoms with Crippen LogP contribution in [0.4, 0.5) is 4.39 Å². The van der Waals surface area contributed by atoms with Crippen LogP contribution in [0.5, 0.6) is 5.75 Å². The first-order chi connectivity index (χ1) is 6.06. The van der Waals surface area contributed by atoms with Crippen LogP contribution in [0.25, 0.3) is 0 Å². The van der Waals surface area contributed by atoms with E-state index < -0.39 is 11.8 Å². The maximum Gasteiger partial charge on any atom is 0.339 e. The zero-order valence-electron chi connectivity index (χ0n) is 6.67. The monoisotopic (exact) mass is 296 g/mol.